The zero-order chi connectivity index (χ0) is 25.6. The molecule has 8 heteroatoms. The Hall–Kier alpha value is -2.25. The van der Waals surface area contributed by atoms with Gasteiger partial charge in [-0.3, -0.25) is 9.69 Å². The summed E-state index contributed by atoms with van der Waals surface area (Å²) in [5.74, 6) is -0.381. The van der Waals surface area contributed by atoms with Crippen LogP contribution in [0.5, 0.6) is 5.75 Å². The number of carboxylic acids is 1. The fraction of sp³-hybridized carbons (Fsp3) is 0.423. The largest absolute Gasteiger partial charge is 0.496 e. The summed E-state index contributed by atoms with van der Waals surface area (Å²) in [4.78, 5) is 13.4. The number of rotatable bonds is 12. The molecule has 0 radical (unpaired) electrons. The SMILES string of the molecule is C=C/C=C\C(=C)N(Cc1cc(OC)c(CN2CC[C@@H](C(=O)O)C2)cc1Cl)N(C)C(C)(C)C(=C)Cl. The molecule has 0 amide bonds. The Balaban J connectivity index is 2.35. The van der Waals surface area contributed by atoms with Gasteiger partial charge in [-0.15, -0.1) is 0 Å². The number of benzene rings is 1. The van der Waals surface area contributed by atoms with Crippen molar-refractivity contribution in [1.82, 2.24) is 14.9 Å². The van der Waals surface area contributed by atoms with Gasteiger partial charge in [-0.2, -0.15) is 0 Å². The van der Waals surface area contributed by atoms with Gasteiger partial charge in [-0.25, -0.2) is 5.01 Å². The molecule has 34 heavy (non-hydrogen) atoms. The van der Waals surface area contributed by atoms with E-state index in [2.05, 4.69) is 24.6 Å². The van der Waals surface area contributed by atoms with Gasteiger partial charge in [0, 0.05) is 41.5 Å². The van der Waals surface area contributed by atoms with Crippen molar-refractivity contribution < 1.29 is 14.6 Å². The van der Waals surface area contributed by atoms with Crippen molar-refractivity contribution in [3.8, 4) is 5.75 Å². The quantitative estimate of drug-likeness (QED) is 0.289. The molecular formula is C26H35Cl2N3O3. The molecule has 6 nitrogen and oxygen atoms in total. The molecule has 1 aromatic carbocycles. The van der Waals surface area contributed by atoms with Crippen LogP contribution in [0.1, 0.15) is 31.4 Å². The standard InChI is InChI=1S/C26H35Cl2N3O3/c1-8-9-10-18(2)31(29(6)26(4,5)19(3)27)17-21-14-24(34-7)22(13-23(21)28)16-30-12-11-20(15-30)25(32)33/h8-10,13-14,20H,1-3,11-12,15-17H2,4-7H3,(H,32,33)/b10-9-/t20-/m1/s1. The number of aliphatic carboxylic acids is 1. The van der Waals surface area contributed by atoms with E-state index < -0.39 is 11.5 Å². The van der Waals surface area contributed by atoms with Gasteiger partial charge in [0.1, 0.15) is 5.75 Å². The molecule has 0 aromatic heterocycles. The Morgan fingerprint density at radius 2 is 2.03 bits per heavy atom. The maximum atomic E-state index is 11.3. The fourth-order valence-electron chi connectivity index (χ4n) is 3.79. The maximum absolute atomic E-state index is 11.3. The van der Waals surface area contributed by atoms with Gasteiger partial charge in [0.05, 0.1) is 25.1 Å². The molecule has 2 rings (SSSR count). The van der Waals surface area contributed by atoms with Crippen molar-refractivity contribution in [1.29, 1.82) is 0 Å². The molecule has 1 aliphatic rings. The molecule has 1 atom stereocenters. The molecule has 0 saturated carbocycles. The number of likely N-dealkylation sites (N-methyl/N-ethyl adjacent to an activating group) is 1. The van der Waals surface area contributed by atoms with E-state index in [1.165, 1.54) is 0 Å². The lowest BCUT2D eigenvalue weighted by Gasteiger charge is -2.44. The van der Waals surface area contributed by atoms with Gasteiger partial charge >= 0.3 is 5.97 Å². The lowest BCUT2D eigenvalue weighted by Crippen LogP contribution is -2.51. The van der Waals surface area contributed by atoms with E-state index >= 15 is 0 Å². The first-order valence-electron chi connectivity index (χ1n) is 11.1. The van der Waals surface area contributed by atoms with E-state index in [1.807, 2.05) is 55.2 Å². The first kappa shape index (κ1) is 28.0. The lowest BCUT2D eigenvalue weighted by molar-refractivity contribution is -0.141. The number of hydrogen-bond acceptors (Lipinski definition) is 5. The van der Waals surface area contributed by atoms with Gasteiger partial charge in [-0.1, -0.05) is 55.1 Å². The van der Waals surface area contributed by atoms with Gasteiger partial charge in [-0.05, 0) is 50.6 Å². The number of ether oxygens (including phenoxy) is 1. The topological polar surface area (TPSA) is 56.3 Å². The Labute approximate surface area is 213 Å². The van der Waals surface area contributed by atoms with Crippen molar-refractivity contribution >= 4 is 29.2 Å². The molecule has 0 aliphatic carbocycles. The summed E-state index contributed by atoms with van der Waals surface area (Å²) in [5, 5.41) is 14.3. The van der Waals surface area contributed by atoms with Crippen LogP contribution in [0.2, 0.25) is 5.02 Å². The fourth-order valence-corrected chi connectivity index (χ4v) is 4.16. The monoisotopic (exact) mass is 507 g/mol. The molecule has 1 saturated heterocycles. The molecule has 1 heterocycles. The molecule has 186 valence electrons. The third-order valence-corrected chi connectivity index (χ3v) is 7.19. The third-order valence-electron chi connectivity index (χ3n) is 6.38. The molecule has 1 aromatic rings. The van der Waals surface area contributed by atoms with Crippen LogP contribution in [0.3, 0.4) is 0 Å². The van der Waals surface area contributed by atoms with Gasteiger partial charge in [0.15, 0.2) is 0 Å². The first-order valence-corrected chi connectivity index (χ1v) is 11.8. The van der Waals surface area contributed by atoms with Gasteiger partial charge < -0.3 is 14.9 Å². The number of halogens is 2. The number of hydrogen-bond donors (Lipinski definition) is 1. The average molecular weight is 508 g/mol. The van der Waals surface area contributed by atoms with Crippen molar-refractivity contribution in [2.75, 3.05) is 27.2 Å². The summed E-state index contributed by atoms with van der Waals surface area (Å²) >= 11 is 13.1. The van der Waals surface area contributed by atoms with Gasteiger partial charge in [0.25, 0.3) is 0 Å². The van der Waals surface area contributed by atoms with Crippen LogP contribution in [0.4, 0.5) is 0 Å². The Morgan fingerprint density at radius 3 is 2.56 bits per heavy atom. The second-order valence-corrected chi connectivity index (χ2v) is 9.81. The normalized spacial score (nSPS) is 16.7. The van der Waals surface area contributed by atoms with Crippen LogP contribution >= 0.6 is 23.2 Å². The Bertz CT molecular complexity index is 974. The lowest BCUT2D eigenvalue weighted by atomic mass is 10.0. The average Bonchev–Trinajstić information content (AvgIpc) is 3.25. The number of nitrogens with zero attached hydrogens (tertiary/aromatic N) is 3. The highest BCUT2D eigenvalue weighted by Crippen LogP contribution is 2.33. The van der Waals surface area contributed by atoms with E-state index in [0.29, 0.717) is 41.9 Å². The first-order chi connectivity index (χ1) is 15.9. The van der Waals surface area contributed by atoms with E-state index in [1.54, 1.807) is 13.2 Å². The summed E-state index contributed by atoms with van der Waals surface area (Å²) in [6, 6.07) is 3.83. The molecule has 0 bridgehead atoms. The molecule has 1 N–H and O–H groups in total. The van der Waals surface area contributed by atoms with Crippen LogP contribution in [-0.2, 0) is 17.9 Å². The molecule has 1 fully saturated rings. The van der Waals surface area contributed by atoms with Crippen molar-refractivity contribution in [3.63, 3.8) is 0 Å². The van der Waals surface area contributed by atoms with Crippen molar-refractivity contribution in [3.05, 3.63) is 77.0 Å². The highest BCUT2D eigenvalue weighted by atomic mass is 35.5. The molecule has 0 spiro atoms. The Kier molecular flexibility index (Phi) is 9.83. The zero-order valence-electron chi connectivity index (χ0n) is 20.5. The number of likely N-dealkylation sites (tertiary alicyclic amines) is 1. The molecule has 0 unspecified atom stereocenters. The predicted molar refractivity (Wildman–Crippen MR) is 140 cm³/mol. The summed E-state index contributed by atoms with van der Waals surface area (Å²) in [5.41, 5.74) is 1.94. The number of hydrazine groups is 1. The van der Waals surface area contributed by atoms with E-state index in [4.69, 9.17) is 27.9 Å². The van der Waals surface area contributed by atoms with Crippen LogP contribution in [0.25, 0.3) is 0 Å². The van der Waals surface area contributed by atoms with E-state index in [-0.39, 0.29) is 5.92 Å². The summed E-state index contributed by atoms with van der Waals surface area (Å²) in [6.07, 6.45) is 6.01. The van der Waals surface area contributed by atoms with Crippen LogP contribution < -0.4 is 4.74 Å². The zero-order valence-corrected chi connectivity index (χ0v) is 22.0. The number of carboxylic acid groups (broad SMARTS) is 1. The minimum atomic E-state index is -0.750. The summed E-state index contributed by atoms with van der Waals surface area (Å²) in [6.45, 7) is 18.1. The number of carbonyl (C=O) groups is 1. The van der Waals surface area contributed by atoms with Gasteiger partial charge in [0.2, 0.25) is 0 Å². The maximum Gasteiger partial charge on any atom is 0.307 e. The Morgan fingerprint density at radius 1 is 1.35 bits per heavy atom. The minimum absolute atomic E-state index is 0.334. The van der Waals surface area contributed by atoms with E-state index in [9.17, 15) is 9.90 Å². The van der Waals surface area contributed by atoms with Crippen LogP contribution in [-0.4, -0.2) is 58.8 Å². The number of allylic oxidation sites excluding steroid dienone is 3. The van der Waals surface area contributed by atoms with Crippen LogP contribution in [0, 0.1) is 5.92 Å². The second kappa shape index (κ2) is 11.9. The highest BCUT2D eigenvalue weighted by Gasteiger charge is 2.32. The number of methoxy groups -OCH3 is 1. The summed E-state index contributed by atoms with van der Waals surface area (Å²) < 4.78 is 5.68. The smallest absolute Gasteiger partial charge is 0.307 e. The second-order valence-electron chi connectivity index (χ2n) is 8.95. The summed E-state index contributed by atoms with van der Waals surface area (Å²) in [7, 11) is 3.54. The van der Waals surface area contributed by atoms with Crippen LogP contribution in [0.15, 0.2) is 60.8 Å². The van der Waals surface area contributed by atoms with Crippen molar-refractivity contribution in [2.45, 2.75) is 38.9 Å². The van der Waals surface area contributed by atoms with E-state index in [0.717, 1.165) is 23.4 Å². The van der Waals surface area contributed by atoms with Crippen molar-refractivity contribution in [2.24, 2.45) is 5.92 Å². The highest BCUT2D eigenvalue weighted by molar-refractivity contribution is 6.31. The molecular weight excluding hydrogens is 473 g/mol. The predicted octanol–water partition coefficient (Wildman–Crippen LogP) is 5.69. The third kappa shape index (κ3) is 6.66. The molecule has 1 aliphatic heterocycles. The minimum Gasteiger partial charge on any atom is -0.496 e.